The molecule has 0 aromatic heterocycles. The third-order valence-electron chi connectivity index (χ3n) is 3.86. The average Bonchev–Trinajstić information content (AvgIpc) is 2.59. The number of hydrogen-bond acceptors (Lipinski definition) is 5. The number of rotatable bonds is 12. The molecule has 0 unspecified atom stereocenters. The van der Waals surface area contributed by atoms with E-state index in [1.54, 1.807) is 6.07 Å². The zero-order valence-corrected chi connectivity index (χ0v) is 14.6. The van der Waals surface area contributed by atoms with Gasteiger partial charge in [0, 0.05) is 19.3 Å². The quantitative estimate of drug-likeness (QED) is 0.439. The van der Waals surface area contributed by atoms with Crippen molar-refractivity contribution in [3.63, 3.8) is 0 Å². The minimum absolute atomic E-state index is 0.0379. The molecule has 0 bridgehead atoms. The standard InChI is InChI=1S/C19H25NO5/c1-2-14-10-11-16(22)19(25-13-7-3-6-12-20)18(14)15(21)8-4-5-9-17(23)24/h10-11,22H,2-9,13H2,1H3,(H,23,24). The Kier molecular flexibility index (Phi) is 9.09. The maximum Gasteiger partial charge on any atom is 0.303 e. The van der Waals surface area contributed by atoms with Gasteiger partial charge in [0.05, 0.1) is 18.2 Å². The van der Waals surface area contributed by atoms with Crippen LogP contribution in [0.4, 0.5) is 0 Å². The topological polar surface area (TPSA) is 108 Å². The van der Waals surface area contributed by atoms with Gasteiger partial charge in [-0.25, -0.2) is 0 Å². The Labute approximate surface area is 148 Å². The second kappa shape index (κ2) is 11.1. The number of carboxylic acids is 1. The Morgan fingerprint density at radius 1 is 1.16 bits per heavy atom. The molecule has 0 amide bonds. The molecule has 6 nitrogen and oxygen atoms in total. The maximum atomic E-state index is 12.6. The summed E-state index contributed by atoms with van der Waals surface area (Å²) in [5, 5.41) is 27.3. The van der Waals surface area contributed by atoms with Crippen molar-refractivity contribution in [1.29, 1.82) is 5.26 Å². The lowest BCUT2D eigenvalue weighted by atomic mass is 9.96. The summed E-state index contributed by atoms with van der Waals surface area (Å²) in [6, 6.07) is 5.29. The van der Waals surface area contributed by atoms with Gasteiger partial charge in [0.25, 0.3) is 0 Å². The fourth-order valence-corrected chi connectivity index (χ4v) is 2.53. The number of phenolic OH excluding ortho intramolecular Hbond substituents is 1. The molecule has 1 aromatic carbocycles. The van der Waals surface area contributed by atoms with Gasteiger partial charge in [0.1, 0.15) is 0 Å². The summed E-state index contributed by atoms with van der Waals surface area (Å²) in [6.45, 7) is 2.24. The van der Waals surface area contributed by atoms with Gasteiger partial charge in [-0.2, -0.15) is 5.26 Å². The predicted molar refractivity (Wildman–Crippen MR) is 92.9 cm³/mol. The summed E-state index contributed by atoms with van der Waals surface area (Å²) in [6.07, 6.45) is 3.60. The van der Waals surface area contributed by atoms with E-state index in [0.29, 0.717) is 50.7 Å². The van der Waals surface area contributed by atoms with E-state index >= 15 is 0 Å². The molecule has 6 heteroatoms. The molecule has 0 fully saturated rings. The number of Topliss-reactive ketones (excluding diaryl/α,β-unsaturated/α-hetero) is 1. The fraction of sp³-hybridized carbons (Fsp3) is 0.526. The molecule has 0 aliphatic rings. The predicted octanol–water partition coefficient (Wildman–Crippen LogP) is 3.85. The van der Waals surface area contributed by atoms with Crippen LogP contribution in [0, 0.1) is 11.3 Å². The molecule has 136 valence electrons. The number of nitriles is 1. The van der Waals surface area contributed by atoms with Gasteiger partial charge in [-0.1, -0.05) is 13.0 Å². The Balaban J connectivity index is 2.83. The van der Waals surface area contributed by atoms with Crippen LogP contribution in [-0.2, 0) is 11.2 Å². The number of phenols is 1. The number of aromatic hydroxyl groups is 1. The first-order valence-corrected chi connectivity index (χ1v) is 8.60. The first kappa shape index (κ1) is 20.5. The van der Waals surface area contributed by atoms with Crippen molar-refractivity contribution in [2.45, 2.75) is 58.3 Å². The van der Waals surface area contributed by atoms with E-state index < -0.39 is 5.97 Å². The molecule has 0 saturated carbocycles. The highest BCUT2D eigenvalue weighted by molar-refractivity contribution is 6.01. The number of unbranched alkanes of at least 4 members (excludes halogenated alkanes) is 3. The van der Waals surface area contributed by atoms with Crippen molar-refractivity contribution in [2.24, 2.45) is 0 Å². The van der Waals surface area contributed by atoms with E-state index in [0.717, 1.165) is 5.56 Å². The van der Waals surface area contributed by atoms with Gasteiger partial charge in [-0.15, -0.1) is 0 Å². The van der Waals surface area contributed by atoms with Crippen LogP contribution in [0.15, 0.2) is 12.1 Å². The van der Waals surface area contributed by atoms with Gasteiger partial charge >= 0.3 is 5.97 Å². The molecule has 2 N–H and O–H groups in total. The van der Waals surface area contributed by atoms with Crippen LogP contribution in [0.3, 0.4) is 0 Å². The smallest absolute Gasteiger partial charge is 0.303 e. The number of hydrogen-bond donors (Lipinski definition) is 2. The molecule has 1 aromatic rings. The molecule has 0 heterocycles. The van der Waals surface area contributed by atoms with E-state index in [2.05, 4.69) is 6.07 Å². The molecule has 1 rings (SSSR count). The van der Waals surface area contributed by atoms with Crippen LogP contribution in [0.1, 0.15) is 67.8 Å². The first-order valence-electron chi connectivity index (χ1n) is 8.60. The van der Waals surface area contributed by atoms with Crippen LogP contribution >= 0.6 is 0 Å². The molecule has 0 radical (unpaired) electrons. The summed E-state index contributed by atoms with van der Waals surface area (Å²) in [4.78, 5) is 23.1. The minimum atomic E-state index is -0.875. The summed E-state index contributed by atoms with van der Waals surface area (Å²) in [5.41, 5.74) is 1.19. The van der Waals surface area contributed by atoms with E-state index in [1.165, 1.54) is 6.07 Å². The van der Waals surface area contributed by atoms with Crippen molar-refractivity contribution in [3.05, 3.63) is 23.3 Å². The largest absolute Gasteiger partial charge is 0.504 e. The molecular weight excluding hydrogens is 322 g/mol. The minimum Gasteiger partial charge on any atom is -0.504 e. The lowest BCUT2D eigenvalue weighted by Crippen LogP contribution is -2.09. The number of aliphatic carboxylic acids is 1. The van der Waals surface area contributed by atoms with Gasteiger partial charge in [0.15, 0.2) is 17.3 Å². The van der Waals surface area contributed by atoms with Crippen LogP contribution in [0.25, 0.3) is 0 Å². The molecule has 25 heavy (non-hydrogen) atoms. The highest BCUT2D eigenvalue weighted by Gasteiger charge is 2.20. The van der Waals surface area contributed by atoms with Crippen LogP contribution in [-0.4, -0.2) is 28.6 Å². The van der Waals surface area contributed by atoms with Gasteiger partial charge in [0.2, 0.25) is 0 Å². The number of nitrogens with zero attached hydrogens (tertiary/aromatic N) is 1. The van der Waals surface area contributed by atoms with Crippen LogP contribution < -0.4 is 4.74 Å². The lowest BCUT2D eigenvalue weighted by molar-refractivity contribution is -0.137. The lowest BCUT2D eigenvalue weighted by Gasteiger charge is -2.15. The van der Waals surface area contributed by atoms with Crippen molar-refractivity contribution < 1.29 is 24.5 Å². The van der Waals surface area contributed by atoms with E-state index in [9.17, 15) is 14.7 Å². The number of aryl methyl sites for hydroxylation is 1. The van der Waals surface area contributed by atoms with E-state index in [1.807, 2.05) is 6.92 Å². The zero-order valence-electron chi connectivity index (χ0n) is 14.6. The van der Waals surface area contributed by atoms with Gasteiger partial charge in [-0.3, -0.25) is 9.59 Å². The zero-order chi connectivity index (χ0) is 18.7. The summed E-state index contributed by atoms with van der Waals surface area (Å²) in [5.74, 6) is -0.906. The van der Waals surface area contributed by atoms with Gasteiger partial charge in [-0.05, 0) is 43.7 Å². The molecule has 0 aliphatic heterocycles. The summed E-state index contributed by atoms with van der Waals surface area (Å²) < 4.78 is 5.65. The maximum absolute atomic E-state index is 12.6. The number of ether oxygens (including phenoxy) is 1. The third-order valence-corrected chi connectivity index (χ3v) is 3.86. The molecule has 0 saturated heterocycles. The molecule has 0 spiro atoms. The number of carbonyl (C=O) groups is 2. The van der Waals surface area contributed by atoms with Crippen LogP contribution in [0.5, 0.6) is 11.5 Å². The number of carbonyl (C=O) groups excluding carboxylic acids is 1. The number of benzene rings is 1. The fourth-order valence-electron chi connectivity index (χ4n) is 2.53. The van der Waals surface area contributed by atoms with Crippen molar-refractivity contribution in [3.8, 4) is 17.6 Å². The number of carboxylic acid groups (broad SMARTS) is 1. The summed E-state index contributed by atoms with van der Waals surface area (Å²) in [7, 11) is 0. The highest BCUT2D eigenvalue weighted by Crippen LogP contribution is 2.34. The van der Waals surface area contributed by atoms with Gasteiger partial charge < -0.3 is 14.9 Å². The normalized spacial score (nSPS) is 10.2. The monoisotopic (exact) mass is 347 g/mol. The second-order valence-electron chi connectivity index (χ2n) is 5.79. The third kappa shape index (κ3) is 6.84. The highest BCUT2D eigenvalue weighted by atomic mass is 16.5. The molecule has 0 atom stereocenters. The van der Waals surface area contributed by atoms with Crippen LogP contribution in [0.2, 0.25) is 0 Å². The SMILES string of the molecule is CCc1ccc(O)c(OCCCCC#N)c1C(=O)CCCCC(=O)O. The second-order valence-corrected chi connectivity index (χ2v) is 5.79. The number of ketones is 1. The van der Waals surface area contributed by atoms with Crippen molar-refractivity contribution in [1.82, 2.24) is 0 Å². The van der Waals surface area contributed by atoms with E-state index in [-0.39, 0.29) is 30.1 Å². The van der Waals surface area contributed by atoms with Crippen molar-refractivity contribution >= 4 is 11.8 Å². The van der Waals surface area contributed by atoms with E-state index in [4.69, 9.17) is 15.1 Å². The van der Waals surface area contributed by atoms with Crippen molar-refractivity contribution in [2.75, 3.05) is 6.61 Å². The Morgan fingerprint density at radius 2 is 1.88 bits per heavy atom. The first-order chi connectivity index (χ1) is 12.0. The molecule has 0 aliphatic carbocycles. The summed E-state index contributed by atoms with van der Waals surface area (Å²) >= 11 is 0. The Bertz CT molecular complexity index is 633. The molecular formula is C19H25NO5. The Hall–Kier alpha value is -2.55. The Morgan fingerprint density at radius 3 is 2.52 bits per heavy atom. The average molecular weight is 347 g/mol.